The molecule has 0 aliphatic heterocycles. The van der Waals surface area contributed by atoms with Crippen LogP contribution in [0.5, 0.6) is 0 Å². The second-order valence-electron chi connectivity index (χ2n) is 7.18. The average molecular weight is 378 g/mol. The number of hydrogen-bond donors (Lipinski definition) is 2. The number of anilines is 1. The summed E-state index contributed by atoms with van der Waals surface area (Å²) in [5.41, 5.74) is 0.867. The van der Waals surface area contributed by atoms with Crippen molar-refractivity contribution >= 4 is 40.4 Å². The van der Waals surface area contributed by atoms with Crippen LogP contribution in [0.15, 0.2) is 24.4 Å². The molecule has 1 aromatic carbocycles. The summed E-state index contributed by atoms with van der Waals surface area (Å²) in [6.07, 6.45) is 3.62. The third-order valence-electron chi connectivity index (χ3n) is 3.76. The van der Waals surface area contributed by atoms with Crippen LogP contribution in [0.2, 0.25) is 5.02 Å². The molecule has 3 rings (SSSR count). The summed E-state index contributed by atoms with van der Waals surface area (Å²) >= 11 is 7.57. The Morgan fingerprint density at radius 1 is 1.24 bits per heavy atom. The molecular formula is C18H20ClN3O2S. The Kier molecular flexibility index (Phi) is 4.84. The molecule has 2 amide bonds. The monoisotopic (exact) mass is 377 g/mol. The van der Waals surface area contributed by atoms with Gasteiger partial charge in [0.1, 0.15) is 4.88 Å². The smallest absolute Gasteiger partial charge is 0.267 e. The number of hydrogen-bond acceptors (Lipinski definition) is 4. The number of halogens is 1. The molecule has 1 aliphatic carbocycles. The molecule has 5 nitrogen and oxygen atoms in total. The van der Waals surface area contributed by atoms with Gasteiger partial charge in [0.05, 0.1) is 21.8 Å². The van der Waals surface area contributed by atoms with Gasteiger partial charge in [0.2, 0.25) is 0 Å². The predicted molar refractivity (Wildman–Crippen MR) is 101 cm³/mol. The Hall–Kier alpha value is -1.92. The molecule has 1 fully saturated rings. The molecule has 1 aromatic heterocycles. The third kappa shape index (κ3) is 4.38. The molecular weight excluding hydrogens is 358 g/mol. The van der Waals surface area contributed by atoms with Crippen LogP contribution >= 0.6 is 22.9 Å². The number of carbonyl (C=O) groups is 2. The Morgan fingerprint density at radius 3 is 2.52 bits per heavy atom. The Morgan fingerprint density at radius 2 is 1.96 bits per heavy atom. The molecule has 0 bridgehead atoms. The first kappa shape index (κ1) is 17.9. The van der Waals surface area contributed by atoms with Crippen molar-refractivity contribution in [3.63, 3.8) is 0 Å². The zero-order chi connectivity index (χ0) is 18.2. The van der Waals surface area contributed by atoms with Crippen molar-refractivity contribution in [2.45, 2.75) is 45.1 Å². The first-order valence-electron chi connectivity index (χ1n) is 8.12. The van der Waals surface area contributed by atoms with Crippen LogP contribution in [0.4, 0.5) is 5.69 Å². The van der Waals surface area contributed by atoms with Crippen molar-refractivity contribution in [2.75, 3.05) is 5.32 Å². The quantitative estimate of drug-likeness (QED) is 0.837. The van der Waals surface area contributed by atoms with Gasteiger partial charge in [-0.3, -0.25) is 9.59 Å². The number of thiazole rings is 1. The van der Waals surface area contributed by atoms with E-state index in [1.54, 1.807) is 24.4 Å². The minimum atomic E-state index is -0.237. The highest BCUT2D eigenvalue weighted by Gasteiger charge is 2.25. The van der Waals surface area contributed by atoms with Crippen LogP contribution in [0, 0.1) is 0 Å². The minimum Gasteiger partial charge on any atom is -0.349 e. The molecule has 0 radical (unpaired) electrons. The maximum absolute atomic E-state index is 12.4. The average Bonchev–Trinajstić information content (AvgIpc) is 3.17. The number of nitrogens with zero attached hydrogens (tertiary/aromatic N) is 1. The molecule has 0 saturated heterocycles. The zero-order valence-corrected chi connectivity index (χ0v) is 15.9. The van der Waals surface area contributed by atoms with Crippen molar-refractivity contribution in [1.82, 2.24) is 10.3 Å². The first-order chi connectivity index (χ1) is 11.7. The highest BCUT2D eigenvalue weighted by molar-refractivity contribution is 7.13. The van der Waals surface area contributed by atoms with E-state index in [1.807, 2.05) is 0 Å². The molecule has 132 valence electrons. The van der Waals surface area contributed by atoms with Gasteiger partial charge < -0.3 is 10.6 Å². The fourth-order valence-corrected chi connectivity index (χ4v) is 3.32. The number of nitrogens with one attached hydrogen (secondary N) is 2. The maximum Gasteiger partial charge on any atom is 0.267 e. The van der Waals surface area contributed by atoms with Gasteiger partial charge in [0.15, 0.2) is 0 Å². The fraction of sp³-hybridized carbons (Fsp3) is 0.389. The number of aromatic nitrogens is 1. The van der Waals surface area contributed by atoms with Crippen LogP contribution in [-0.2, 0) is 5.41 Å². The number of amides is 2. The van der Waals surface area contributed by atoms with E-state index in [-0.39, 0.29) is 23.3 Å². The molecule has 2 aromatic rings. The normalized spacial score (nSPS) is 14.2. The maximum atomic E-state index is 12.4. The fourth-order valence-electron chi connectivity index (χ4n) is 2.19. The van der Waals surface area contributed by atoms with Crippen LogP contribution < -0.4 is 10.6 Å². The number of benzene rings is 1. The van der Waals surface area contributed by atoms with E-state index in [0.717, 1.165) is 17.8 Å². The van der Waals surface area contributed by atoms with Gasteiger partial charge in [-0.05, 0) is 31.0 Å². The van der Waals surface area contributed by atoms with Crippen molar-refractivity contribution in [3.8, 4) is 0 Å². The van der Waals surface area contributed by atoms with E-state index in [9.17, 15) is 9.59 Å². The van der Waals surface area contributed by atoms with E-state index in [2.05, 4.69) is 36.4 Å². The molecule has 0 unspecified atom stereocenters. The SMILES string of the molecule is CC(C)(C)c1ncc(C(=O)Nc2ccc(C(=O)NC3CC3)c(Cl)c2)s1. The van der Waals surface area contributed by atoms with Gasteiger partial charge in [0.25, 0.3) is 11.8 Å². The van der Waals surface area contributed by atoms with Crippen molar-refractivity contribution in [2.24, 2.45) is 0 Å². The van der Waals surface area contributed by atoms with E-state index >= 15 is 0 Å². The molecule has 0 atom stereocenters. The molecule has 0 spiro atoms. The largest absolute Gasteiger partial charge is 0.349 e. The lowest BCUT2D eigenvalue weighted by Gasteiger charge is -2.13. The molecule has 1 heterocycles. The standard InChI is InChI=1S/C18H20ClN3O2S/c1-18(2,3)17-20-9-14(25-17)16(24)22-11-6-7-12(13(19)8-11)15(23)21-10-4-5-10/h6-10H,4-5H2,1-3H3,(H,21,23)(H,22,24). The Labute approximate surface area is 155 Å². The van der Waals surface area contributed by atoms with E-state index in [1.165, 1.54) is 11.3 Å². The highest BCUT2D eigenvalue weighted by atomic mass is 35.5. The molecule has 1 aliphatic rings. The summed E-state index contributed by atoms with van der Waals surface area (Å²) in [6, 6.07) is 5.17. The predicted octanol–water partition coefficient (Wildman–Crippen LogP) is 4.24. The lowest BCUT2D eigenvalue weighted by Crippen LogP contribution is -2.25. The minimum absolute atomic E-state index is 0.0942. The number of carbonyl (C=O) groups excluding carboxylic acids is 2. The van der Waals surface area contributed by atoms with E-state index in [0.29, 0.717) is 21.2 Å². The van der Waals surface area contributed by atoms with Crippen LogP contribution in [0.1, 0.15) is 58.7 Å². The first-order valence-corrected chi connectivity index (χ1v) is 9.31. The summed E-state index contributed by atoms with van der Waals surface area (Å²) in [5, 5.41) is 6.92. The van der Waals surface area contributed by atoms with Crippen molar-refractivity contribution < 1.29 is 9.59 Å². The van der Waals surface area contributed by atoms with Crippen LogP contribution in [0.25, 0.3) is 0 Å². The summed E-state index contributed by atoms with van der Waals surface area (Å²) in [7, 11) is 0. The molecule has 25 heavy (non-hydrogen) atoms. The van der Waals surface area contributed by atoms with Gasteiger partial charge in [-0.1, -0.05) is 32.4 Å². The lowest BCUT2D eigenvalue weighted by molar-refractivity contribution is 0.0950. The lowest BCUT2D eigenvalue weighted by atomic mass is 9.98. The molecule has 2 N–H and O–H groups in total. The Bertz CT molecular complexity index is 822. The summed E-state index contributed by atoms with van der Waals surface area (Å²) in [4.78, 5) is 29.3. The second kappa shape index (κ2) is 6.77. The van der Waals surface area contributed by atoms with Crippen LogP contribution in [-0.4, -0.2) is 22.8 Å². The van der Waals surface area contributed by atoms with Gasteiger partial charge in [-0.2, -0.15) is 0 Å². The van der Waals surface area contributed by atoms with Crippen molar-refractivity contribution in [1.29, 1.82) is 0 Å². The topological polar surface area (TPSA) is 71.1 Å². The van der Waals surface area contributed by atoms with Gasteiger partial charge in [-0.25, -0.2) is 4.98 Å². The van der Waals surface area contributed by atoms with Crippen LogP contribution in [0.3, 0.4) is 0 Å². The molecule has 1 saturated carbocycles. The Balaban J connectivity index is 1.70. The highest BCUT2D eigenvalue weighted by Crippen LogP contribution is 2.28. The summed E-state index contributed by atoms with van der Waals surface area (Å²) in [5.74, 6) is -0.415. The van der Waals surface area contributed by atoms with E-state index < -0.39 is 0 Å². The van der Waals surface area contributed by atoms with Gasteiger partial charge in [0, 0.05) is 17.1 Å². The third-order valence-corrected chi connectivity index (χ3v) is 5.49. The zero-order valence-electron chi connectivity index (χ0n) is 14.4. The van der Waals surface area contributed by atoms with E-state index in [4.69, 9.17) is 11.6 Å². The van der Waals surface area contributed by atoms with Gasteiger partial charge in [-0.15, -0.1) is 11.3 Å². The van der Waals surface area contributed by atoms with Crippen molar-refractivity contribution in [3.05, 3.63) is 44.9 Å². The second-order valence-corrected chi connectivity index (χ2v) is 8.61. The summed E-state index contributed by atoms with van der Waals surface area (Å²) in [6.45, 7) is 6.16. The number of rotatable bonds is 4. The molecule has 7 heteroatoms. The van der Waals surface area contributed by atoms with Gasteiger partial charge >= 0.3 is 0 Å². The summed E-state index contributed by atoms with van der Waals surface area (Å²) < 4.78 is 0.